The summed E-state index contributed by atoms with van der Waals surface area (Å²) in [5.74, 6) is 0.181. The van der Waals surface area contributed by atoms with E-state index in [-0.39, 0.29) is 27.4 Å². The van der Waals surface area contributed by atoms with Crippen molar-refractivity contribution in [2.45, 2.75) is 93.9 Å². The molecule has 0 atom stereocenters. The van der Waals surface area contributed by atoms with Crippen LogP contribution >= 0.6 is 0 Å². The van der Waals surface area contributed by atoms with Crippen LogP contribution in [0.25, 0.3) is 6.08 Å². The van der Waals surface area contributed by atoms with Gasteiger partial charge in [0.2, 0.25) is 0 Å². The molecule has 0 saturated heterocycles. The Balaban J connectivity index is 2.88. The Hall–Kier alpha value is -1.89. The second kappa shape index (κ2) is 7.66. The summed E-state index contributed by atoms with van der Waals surface area (Å²) in [6.45, 7) is 26.3. The van der Waals surface area contributed by atoms with Crippen molar-refractivity contribution in [3.05, 3.63) is 63.8 Å². The SMILES string of the molecule is CC(C)(C)C1=CC(=Cc2c(C(C)(C)C)c[c]cc2C(C)(C)C)C=C(C(C)(C)C)C1=O. The molecule has 163 valence electrons. The highest BCUT2D eigenvalue weighted by atomic mass is 16.1. The number of carbonyl (C=O) groups excluding carboxylic acids is 1. The summed E-state index contributed by atoms with van der Waals surface area (Å²) in [5.41, 5.74) is 6.31. The Morgan fingerprint density at radius 2 is 1.00 bits per heavy atom. The van der Waals surface area contributed by atoms with E-state index in [9.17, 15) is 4.79 Å². The van der Waals surface area contributed by atoms with E-state index in [2.05, 4.69) is 120 Å². The molecule has 2 rings (SSSR count). The molecule has 1 aromatic carbocycles. The van der Waals surface area contributed by atoms with E-state index < -0.39 is 0 Å². The monoisotopic (exact) mass is 405 g/mol. The van der Waals surface area contributed by atoms with Gasteiger partial charge in [0.15, 0.2) is 5.78 Å². The van der Waals surface area contributed by atoms with Gasteiger partial charge < -0.3 is 0 Å². The Kier molecular flexibility index (Phi) is 6.23. The lowest BCUT2D eigenvalue weighted by atomic mass is 9.71. The van der Waals surface area contributed by atoms with Gasteiger partial charge in [-0.3, -0.25) is 4.79 Å². The molecule has 1 aliphatic rings. The fourth-order valence-electron chi connectivity index (χ4n) is 3.92. The molecule has 0 amide bonds. The highest BCUT2D eigenvalue weighted by molar-refractivity contribution is 6.12. The van der Waals surface area contributed by atoms with E-state index in [0.717, 1.165) is 16.7 Å². The predicted molar refractivity (Wildman–Crippen MR) is 131 cm³/mol. The first-order chi connectivity index (χ1) is 13.3. The summed E-state index contributed by atoms with van der Waals surface area (Å²) in [6.07, 6.45) is 6.50. The number of hydrogen-bond donors (Lipinski definition) is 0. The van der Waals surface area contributed by atoms with Crippen LogP contribution in [0.3, 0.4) is 0 Å². The number of benzene rings is 1. The number of Topliss-reactive ketones (excluding diaryl/α,β-unsaturated/α-hetero) is 1. The zero-order chi connectivity index (χ0) is 23.3. The predicted octanol–water partition coefficient (Wildman–Crippen LogP) is 7.99. The minimum atomic E-state index is -0.203. The van der Waals surface area contributed by atoms with Crippen molar-refractivity contribution in [3.8, 4) is 0 Å². The molecule has 0 aromatic heterocycles. The van der Waals surface area contributed by atoms with Crippen molar-refractivity contribution in [2.24, 2.45) is 10.8 Å². The van der Waals surface area contributed by atoms with E-state index >= 15 is 0 Å². The molecule has 1 heteroatoms. The van der Waals surface area contributed by atoms with Crippen LogP contribution in [0.2, 0.25) is 0 Å². The Morgan fingerprint density at radius 3 is 1.30 bits per heavy atom. The molecular weight excluding hydrogens is 364 g/mol. The lowest BCUT2D eigenvalue weighted by molar-refractivity contribution is -0.114. The van der Waals surface area contributed by atoms with Crippen LogP contribution in [0, 0.1) is 16.9 Å². The molecule has 0 heterocycles. The zero-order valence-electron chi connectivity index (χ0n) is 21.3. The smallest absolute Gasteiger partial charge is 0.186 e. The maximum Gasteiger partial charge on any atom is 0.186 e. The summed E-state index contributed by atoms with van der Waals surface area (Å²) in [5, 5.41) is 0. The standard InChI is InChI=1S/C29H41O/c1-26(2,3)21-14-13-15-22(27(4,5)6)20(21)16-19-17-23(28(7,8)9)25(30)24(18-19)29(10,11)12/h14-18H,1-12H3. The normalized spacial score (nSPS) is 16.4. The molecule has 1 nitrogen and oxygen atoms in total. The third-order valence-electron chi connectivity index (χ3n) is 5.69. The van der Waals surface area contributed by atoms with Gasteiger partial charge in [0, 0.05) is 11.1 Å². The minimum absolute atomic E-state index is 0.00177. The molecule has 0 bridgehead atoms. The fourth-order valence-corrected chi connectivity index (χ4v) is 3.92. The van der Waals surface area contributed by atoms with Gasteiger partial charge in [0.05, 0.1) is 0 Å². The first kappa shape index (κ1) is 24.4. The fraction of sp³-hybridized carbons (Fsp3) is 0.552. The molecule has 0 spiro atoms. The van der Waals surface area contributed by atoms with E-state index in [1.165, 1.54) is 16.7 Å². The van der Waals surface area contributed by atoms with Gasteiger partial charge in [-0.2, -0.15) is 0 Å². The summed E-state index contributed by atoms with van der Waals surface area (Å²) >= 11 is 0. The van der Waals surface area contributed by atoms with Crippen molar-refractivity contribution < 1.29 is 4.79 Å². The van der Waals surface area contributed by atoms with Crippen LogP contribution in [-0.2, 0) is 15.6 Å². The number of allylic oxidation sites excluding steroid dienone is 5. The first-order valence-electron chi connectivity index (χ1n) is 11.1. The number of carbonyl (C=O) groups is 1. The lowest BCUT2D eigenvalue weighted by Gasteiger charge is -2.32. The van der Waals surface area contributed by atoms with Gasteiger partial charge in [0.1, 0.15) is 0 Å². The molecule has 0 N–H and O–H groups in total. The topological polar surface area (TPSA) is 17.1 Å². The molecule has 0 fully saturated rings. The molecule has 1 radical (unpaired) electrons. The van der Waals surface area contributed by atoms with Crippen LogP contribution < -0.4 is 0 Å². The highest BCUT2D eigenvalue weighted by Gasteiger charge is 2.34. The summed E-state index contributed by atoms with van der Waals surface area (Å²) in [7, 11) is 0. The van der Waals surface area contributed by atoms with Crippen LogP contribution in [0.5, 0.6) is 0 Å². The molecule has 30 heavy (non-hydrogen) atoms. The first-order valence-corrected chi connectivity index (χ1v) is 11.1. The van der Waals surface area contributed by atoms with Gasteiger partial charge in [-0.1, -0.05) is 95.2 Å². The third-order valence-corrected chi connectivity index (χ3v) is 5.69. The van der Waals surface area contributed by atoms with Crippen LogP contribution in [0.15, 0.2) is 41.0 Å². The second-order valence-corrected chi connectivity index (χ2v) is 12.8. The van der Waals surface area contributed by atoms with Crippen molar-refractivity contribution in [3.63, 3.8) is 0 Å². The summed E-state index contributed by atoms with van der Waals surface area (Å²) in [4.78, 5) is 13.3. The van der Waals surface area contributed by atoms with Gasteiger partial charge in [-0.05, 0) is 68.2 Å². The molecular formula is C29H41O. The van der Waals surface area contributed by atoms with Gasteiger partial charge >= 0.3 is 0 Å². The van der Waals surface area contributed by atoms with E-state index in [0.29, 0.717) is 0 Å². The molecule has 0 saturated carbocycles. The van der Waals surface area contributed by atoms with Crippen molar-refractivity contribution >= 4 is 11.9 Å². The van der Waals surface area contributed by atoms with Crippen molar-refractivity contribution in [1.29, 1.82) is 0 Å². The second-order valence-electron chi connectivity index (χ2n) is 12.8. The number of ketones is 1. The average molecular weight is 406 g/mol. The van der Waals surface area contributed by atoms with E-state index in [1.807, 2.05) is 0 Å². The van der Waals surface area contributed by atoms with Crippen molar-refractivity contribution in [2.75, 3.05) is 0 Å². The maximum absolute atomic E-state index is 13.3. The zero-order valence-corrected chi connectivity index (χ0v) is 21.3. The molecule has 0 unspecified atom stereocenters. The van der Waals surface area contributed by atoms with Crippen molar-refractivity contribution in [1.82, 2.24) is 0 Å². The largest absolute Gasteiger partial charge is 0.289 e. The summed E-state index contributed by atoms with van der Waals surface area (Å²) < 4.78 is 0. The maximum atomic E-state index is 13.3. The van der Waals surface area contributed by atoms with Crippen LogP contribution in [0.4, 0.5) is 0 Å². The number of rotatable bonds is 1. The minimum Gasteiger partial charge on any atom is -0.289 e. The quantitative estimate of drug-likeness (QED) is 0.462. The molecule has 1 aliphatic carbocycles. The third kappa shape index (κ3) is 5.23. The van der Waals surface area contributed by atoms with E-state index in [1.54, 1.807) is 0 Å². The van der Waals surface area contributed by atoms with E-state index in [4.69, 9.17) is 0 Å². The molecule has 1 aromatic rings. The van der Waals surface area contributed by atoms with Gasteiger partial charge in [-0.15, -0.1) is 0 Å². The summed E-state index contributed by atoms with van der Waals surface area (Å²) in [6, 6.07) is 7.63. The van der Waals surface area contributed by atoms with Gasteiger partial charge in [0.25, 0.3) is 0 Å². The Labute approximate surface area is 185 Å². The number of hydrogen-bond acceptors (Lipinski definition) is 1. The van der Waals surface area contributed by atoms with Crippen LogP contribution in [-0.4, -0.2) is 5.78 Å². The van der Waals surface area contributed by atoms with Crippen LogP contribution in [0.1, 0.15) is 99.8 Å². The van der Waals surface area contributed by atoms with Gasteiger partial charge in [-0.25, -0.2) is 0 Å². The lowest BCUT2D eigenvalue weighted by Crippen LogP contribution is -2.28. The Bertz CT molecular complexity index is 852. The average Bonchev–Trinajstić information content (AvgIpc) is 2.52. The molecule has 0 aliphatic heterocycles. The Morgan fingerprint density at radius 1 is 0.633 bits per heavy atom. The highest BCUT2D eigenvalue weighted by Crippen LogP contribution is 2.41.